The molecule has 2 atom stereocenters. The van der Waals surface area contributed by atoms with Crippen molar-refractivity contribution in [1.82, 2.24) is 5.32 Å². The van der Waals surface area contributed by atoms with E-state index >= 15 is 0 Å². The summed E-state index contributed by atoms with van der Waals surface area (Å²) in [5, 5.41) is 2.92. The highest BCUT2D eigenvalue weighted by Crippen LogP contribution is 2.34. The average Bonchev–Trinajstić information content (AvgIpc) is 2.52. The molecule has 0 saturated carbocycles. The molecular weight excluding hydrogens is 250 g/mol. The summed E-state index contributed by atoms with van der Waals surface area (Å²) in [4.78, 5) is 25.1. The first-order chi connectivity index (χ1) is 9.24. The van der Waals surface area contributed by atoms with Crippen LogP contribution in [-0.2, 0) is 9.59 Å². The van der Waals surface area contributed by atoms with Gasteiger partial charge in [-0.05, 0) is 44.2 Å². The SMILES string of the molecule is Cc1ccc(C)c(C2C(=O)NC(C)(CC(C)C)C2=O)c1. The fraction of sp³-hybridized carbons (Fsp3) is 0.529. The summed E-state index contributed by atoms with van der Waals surface area (Å²) in [5.74, 6) is -0.447. The zero-order valence-corrected chi connectivity index (χ0v) is 12.9. The average molecular weight is 273 g/mol. The maximum atomic E-state index is 12.8. The maximum absolute atomic E-state index is 12.8. The highest BCUT2D eigenvalue weighted by molar-refractivity contribution is 6.17. The van der Waals surface area contributed by atoms with Gasteiger partial charge in [0.2, 0.25) is 5.91 Å². The third-order valence-corrected chi connectivity index (χ3v) is 4.03. The van der Waals surface area contributed by atoms with E-state index < -0.39 is 11.5 Å². The molecule has 0 bridgehead atoms. The number of carbonyl (C=O) groups is 2. The smallest absolute Gasteiger partial charge is 0.235 e. The summed E-state index contributed by atoms with van der Waals surface area (Å²) in [7, 11) is 0. The van der Waals surface area contributed by atoms with Gasteiger partial charge >= 0.3 is 0 Å². The first-order valence-corrected chi connectivity index (χ1v) is 7.18. The molecular formula is C17H23NO2. The summed E-state index contributed by atoms with van der Waals surface area (Å²) < 4.78 is 0. The van der Waals surface area contributed by atoms with Crippen LogP contribution in [0.2, 0.25) is 0 Å². The quantitative estimate of drug-likeness (QED) is 0.861. The highest BCUT2D eigenvalue weighted by Gasteiger charge is 2.50. The van der Waals surface area contributed by atoms with E-state index in [1.807, 2.05) is 39.0 Å². The lowest BCUT2D eigenvalue weighted by Crippen LogP contribution is -2.44. The molecule has 1 saturated heterocycles. The summed E-state index contributed by atoms with van der Waals surface area (Å²) >= 11 is 0. The molecule has 1 aromatic rings. The summed E-state index contributed by atoms with van der Waals surface area (Å²) in [6.45, 7) is 9.91. The second-order valence-electron chi connectivity index (χ2n) is 6.58. The first-order valence-electron chi connectivity index (χ1n) is 7.18. The van der Waals surface area contributed by atoms with Crippen molar-refractivity contribution in [2.75, 3.05) is 0 Å². The predicted octanol–water partition coefficient (Wildman–Crippen LogP) is 2.89. The molecule has 1 amide bonds. The number of Topliss-reactive ketones (excluding diaryl/α,β-unsaturated/α-hetero) is 1. The van der Waals surface area contributed by atoms with Crippen molar-refractivity contribution >= 4 is 11.7 Å². The Morgan fingerprint density at radius 2 is 1.90 bits per heavy atom. The van der Waals surface area contributed by atoms with Gasteiger partial charge in [0, 0.05) is 0 Å². The Bertz CT molecular complexity index is 562. The molecule has 3 heteroatoms. The number of carbonyl (C=O) groups excluding carboxylic acids is 2. The Morgan fingerprint density at radius 3 is 2.50 bits per heavy atom. The van der Waals surface area contributed by atoms with E-state index in [0.29, 0.717) is 12.3 Å². The topological polar surface area (TPSA) is 46.2 Å². The fourth-order valence-electron chi connectivity index (χ4n) is 3.16. The molecule has 0 aromatic heterocycles. The van der Waals surface area contributed by atoms with E-state index in [9.17, 15) is 9.59 Å². The molecule has 1 aliphatic heterocycles. The Hall–Kier alpha value is -1.64. The van der Waals surface area contributed by atoms with E-state index in [1.54, 1.807) is 0 Å². The van der Waals surface area contributed by atoms with Crippen LogP contribution in [0.3, 0.4) is 0 Å². The monoisotopic (exact) mass is 273 g/mol. The van der Waals surface area contributed by atoms with E-state index in [4.69, 9.17) is 0 Å². The van der Waals surface area contributed by atoms with E-state index in [0.717, 1.165) is 16.7 Å². The van der Waals surface area contributed by atoms with Crippen LogP contribution in [0.4, 0.5) is 0 Å². The zero-order valence-electron chi connectivity index (χ0n) is 12.9. The van der Waals surface area contributed by atoms with Crippen LogP contribution in [0.1, 0.15) is 49.8 Å². The third kappa shape index (κ3) is 2.49. The van der Waals surface area contributed by atoms with Crippen molar-refractivity contribution in [3.05, 3.63) is 34.9 Å². The maximum Gasteiger partial charge on any atom is 0.235 e. The number of amides is 1. The van der Waals surface area contributed by atoms with Gasteiger partial charge in [0.1, 0.15) is 5.92 Å². The lowest BCUT2D eigenvalue weighted by Gasteiger charge is -2.24. The van der Waals surface area contributed by atoms with Crippen molar-refractivity contribution in [2.45, 2.75) is 52.5 Å². The molecule has 2 unspecified atom stereocenters. The number of nitrogens with one attached hydrogen (secondary N) is 1. The van der Waals surface area contributed by atoms with Gasteiger partial charge in [-0.25, -0.2) is 0 Å². The molecule has 1 fully saturated rings. The molecule has 0 radical (unpaired) electrons. The van der Waals surface area contributed by atoms with Crippen LogP contribution in [0.5, 0.6) is 0 Å². The van der Waals surface area contributed by atoms with Crippen LogP contribution < -0.4 is 5.32 Å². The molecule has 0 spiro atoms. The van der Waals surface area contributed by atoms with Crippen molar-refractivity contribution in [3.8, 4) is 0 Å². The number of ketones is 1. The van der Waals surface area contributed by atoms with Crippen LogP contribution in [-0.4, -0.2) is 17.2 Å². The summed E-state index contributed by atoms with van der Waals surface area (Å²) in [5.41, 5.74) is 2.19. The molecule has 1 aliphatic rings. The summed E-state index contributed by atoms with van der Waals surface area (Å²) in [6.07, 6.45) is 0.680. The molecule has 108 valence electrons. The molecule has 3 nitrogen and oxygen atoms in total. The second-order valence-corrected chi connectivity index (χ2v) is 6.58. The molecule has 20 heavy (non-hydrogen) atoms. The van der Waals surface area contributed by atoms with E-state index in [2.05, 4.69) is 19.2 Å². The van der Waals surface area contributed by atoms with Crippen molar-refractivity contribution < 1.29 is 9.59 Å². The molecule has 1 aromatic carbocycles. The van der Waals surface area contributed by atoms with Crippen LogP contribution in [0.25, 0.3) is 0 Å². The van der Waals surface area contributed by atoms with Crippen molar-refractivity contribution in [2.24, 2.45) is 5.92 Å². The number of aryl methyl sites for hydroxylation is 2. The van der Waals surface area contributed by atoms with Gasteiger partial charge in [-0.2, -0.15) is 0 Å². The van der Waals surface area contributed by atoms with E-state index in [1.165, 1.54) is 0 Å². The second kappa shape index (κ2) is 5.04. The van der Waals surface area contributed by atoms with Crippen molar-refractivity contribution in [3.63, 3.8) is 0 Å². The van der Waals surface area contributed by atoms with Gasteiger partial charge in [-0.15, -0.1) is 0 Å². The number of benzene rings is 1. The molecule has 0 aliphatic carbocycles. The molecule has 1 heterocycles. The Balaban J connectivity index is 2.41. The van der Waals surface area contributed by atoms with Gasteiger partial charge in [-0.1, -0.05) is 37.6 Å². The standard InChI is InChI=1S/C17H23NO2/c1-10(2)9-17(5)15(19)14(16(20)18-17)13-8-11(3)6-7-12(13)4/h6-8,10,14H,9H2,1-5H3,(H,18,20). The summed E-state index contributed by atoms with van der Waals surface area (Å²) in [6, 6.07) is 5.94. The highest BCUT2D eigenvalue weighted by atomic mass is 16.2. The molecule has 2 rings (SSSR count). The number of hydrogen-bond donors (Lipinski definition) is 1. The van der Waals surface area contributed by atoms with Gasteiger partial charge < -0.3 is 5.32 Å². The van der Waals surface area contributed by atoms with E-state index in [-0.39, 0.29) is 11.7 Å². The Labute approximate surface area is 120 Å². The predicted molar refractivity (Wildman–Crippen MR) is 79.7 cm³/mol. The minimum absolute atomic E-state index is 0.00454. The fourth-order valence-corrected chi connectivity index (χ4v) is 3.16. The normalized spacial score (nSPS) is 26.2. The number of rotatable bonds is 3. The van der Waals surface area contributed by atoms with Gasteiger partial charge in [-0.3, -0.25) is 9.59 Å². The van der Waals surface area contributed by atoms with Crippen LogP contribution >= 0.6 is 0 Å². The Kier molecular flexibility index (Phi) is 3.72. The number of hydrogen-bond acceptors (Lipinski definition) is 2. The lowest BCUT2D eigenvalue weighted by molar-refractivity contribution is -0.125. The molecule has 1 N–H and O–H groups in total. The van der Waals surface area contributed by atoms with Gasteiger partial charge in [0.15, 0.2) is 5.78 Å². The Morgan fingerprint density at radius 1 is 1.25 bits per heavy atom. The first kappa shape index (κ1) is 14.8. The van der Waals surface area contributed by atoms with Crippen molar-refractivity contribution in [1.29, 1.82) is 0 Å². The largest absolute Gasteiger partial charge is 0.343 e. The minimum Gasteiger partial charge on any atom is -0.343 e. The van der Waals surface area contributed by atoms with Gasteiger partial charge in [0.05, 0.1) is 5.54 Å². The third-order valence-electron chi connectivity index (χ3n) is 4.03. The zero-order chi connectivity index (χ0) is 15.1. The minimum atomic E-state index is -0.730. The van der Waals surface area contributed by atoms with Gasteiger partial charge in [0.25, 0.3) is 0 Å². The van der Waals surface area contributed by atoms with Crippen LogP contribution in [0, 0.1) is 19.8 Å². The lowest BCUT2D eigenvalue weighted by atomic mass is 9.82. The van der Waals surface area contributed by atoms with Crippen LogP contribution in [0.15, 0.2) is 18.2 Å².